The number of carboxylic acid groups (broad SMARTS) is 1. The summed E-state index contributed by atoms with van der Waals surface area (Å²) in [4.78, 5) is 53.0. The van der Waals surface area contributed by atoms with Gasteiger partial charge in [-0.2, -0.15) is 0 Å². The number of unbranched alkanes of at least 4 members (excludes halogenated alkanes) is 14. The highest BCUT2D eigenvalue weighted by atomic mass is 32.1. The van der Waals surface area contributed by atoms with Crippen molar-refractivity contribution >= 4 is 41.3 Å². The molecule has 37 heteroatoms. The smallest absolute Gasteiger partial charge is 0.364 e. The van der Waals surface area contributed by atoms with Crippen molar-refractivity contribution in [2.24, 2.45) is 0 Å². The summed E-state index contributed by atoms with van der Waals surface area (Å²) in [5, 5.41) is 203. The number of benzene rings is 1. The van der Waals surface area contributed by atoms with Crippen molar-refractivity contribution in [2.75, 3.05) is 39.6 Å². The van der Waals surface area contributed by atoms with Crippen LogP contribution in [0, 0.1) is 0 Å². The lowest BCUT2D eigenvalue weighted by molar-refractivity contribution is -0.403. The minimum absolute atomic E-state index is 0.0873. The van der Waals surface area contributed by atoms with Gasteiger partial charge in [0.2, 0.25) is 17.7 Å². The Kier molecular flexibility index (Phi) is 35.9. The van der Waals surface area contributed by atoms with Crippen LogP contribution in [0.15, 0.2) is 35.7 Å². The molecule has 598 valence electrons. The van der Waals surface area contributed by atoms with E-state index in [1.807, 2.05) is 0 Å². The second kappa shape index (κ2) is 43.1. The lowest BCUT2D eigenvalue weighted by Crippen LogP contribution is -2.72. The highest BCUT2D eigenvalue weighted by Gasteiger charge is 2.62. The number of aromatic nitrogens is 2. The third-order valence-electron chi connectivity index (χ3n) is 19.3. The van der Waals surface area contributed by atoms with Crippen molar-refractivity contribution < 1.29 is 153 Å². The van der Waals surface area contributed by atoms with E-state index >= 15 is 0 Å². The SMILES string of the molecule is CCCCCCCCCCCCCCCCCC(=O)N[C@@H](CO[C@@H]1O[C@H](CO)[C@@H](O[C@@H]2O[C@H](CO)[C@H](O[C@@H]3O[C@H](CO)[C@H](O)[C@H](O[C@@H]4O[C@H](CO)[C@H](O)[C@H](O)[C@H]4O)[C@H]3NC(C)=O)[C@H](O[C@]3(C(=O)O)C[C@H](O)C(NC(C)=O)C([C@H](O)[C@H](O)CO)O3)[C@H]2O)[C@H](O)[C@H]1O)[C@H](O)/C=C/c1ccc(-c2csnn2)cc1. The van der Waals surface area contributed by atoms with Gasteiger partial charge in [0.25, 0.3) is 5.79 Å². The number of amides is 3. The summed E-state index contributed by atoms with van der Waals surface area (Å²) in [6.45, 7) is -2.05. The molecular formula is C68H109N5O31S. The van der Waals surface area contributed by atoms with E-state index in [2.05, 4.69) is 32.5 Å². The van der Waals surface area contributed by atoms with Gasteiger partial charge < -0.3 is 150 Å². The predicted molar refractivity (Wildman–Crippen MR) is 363 cm³/mol. The molecule has 0 saturated carbocycles. The van der Waals surface area contributed by atoms with Crippen molar-refractivity contribution in [1.82, 2.24) is 25.5 Å². The third-order valence-corrected chi connectivity index (χ3v) is 19.8. The van der Waals surface area contributed by atoms with Crippen molar-refractivity contribution in [1.29, 1.82) is 0 Å². The maximum absolute atomic E-state index is 13.8. The van der Waals surface area contributed by atoms with Gasteiger partial charge in [0.15, 0.2) is 25.2 Å². The van der Waals surface area contributed by atoms with Gasteiger partial charge in [0.05, 0.1) is 63.9 Å². The summed E-state index contributed by atoms with van der Waals surface area (Å²) < 4.78 is 63.8. The first kappa shape index (κ1) is 87.6. The number of aliphatic carboxylic acids is 1. The Morgan fingerprint density at radius 3 is 1.68 bits per heavy atom. The van der Waals surface area contributed by atoms with Crippen molar-refractivity contribution in [3.05, 3.63) is 41.3 Å². The number of hydrogen-bond donors (Lipinski definition) is 20. The topological polar surface area (TPSA) is 566 Å². The molecule has 5 fully saturated rings. The van der Waals surface area contributed by atoms with Crippen LogP contribution in [-0.4, -0.2) is 331 Å². The Labute approximate surface area is 611 Å². The minimum atomic E-state index is -3.40. The quantitative estimate of drug-likeness (QED) is 0.0281. The lowest BCUT2D eigenvalue weighted by atomic mass is 9.88. The molecule has 7 rings (SSSR count). The molecule has 3 amide bonds. The number of carboxylic acids is 1. The number of hydrogen-bond acceptors (Lipinski definition) is 33. The summed E-state index contributed by atoms with van der Waals surface area (Å²) in [5.41, 5.74) is 2.10. The number of carbonyl (C=O) groups excluding carboxylic acids is 3. The number of aliphatic hydroxyl groups is 16. The molecule has 0 spiro atoms. The molecule has 2 aromatic rings. The average Bonchev–Trinajstić information content (AvgIpc) is 0.972. The lowest BCUT2D eigenvalue weighted by Gasteiger charge is -2.52. The monoisotopic (exact) mass is 1520 g/mol. The Hall–Kier alpha value is -4.64. The van der Waals surface area contributed by atoms with Gasteiger partial charge in [0, 0.05) is 37.6 Å². The fraction of sp³-hybridized carbons (Fsp3) is 0.794. The Morgan fingerprint density at radius 1 is 0.600 bits per heavy atom. The van der Waals surface area contributed by atoms with Crippen LogP contribution in [0.3, 0.4) is 0 Å². The van der Waals surface area contributed by atoms with Gasteiger partial charge in [-0.3, -0.25) is 14.4 Å². The Bertz CT molecular complexity index is 2920. The molecular weight excluding hydrogens is 1410 g/mol. The molecule has 20 N–H and O–H groups in total. The van der Waals surface area contributed by atoms with Crippen molar-refractivity contribution in [3.63, 3.8) is 0 Å². The van der Waals surface area contributed by atoms with Crippen LogP contribution in [0.25, 0.3) is 17.3 Å². The standard InChI is InChI=1S/C68H109N5O31S/c1-4-5-6-7-8-9-10-11-12-13-14-15-16-17-18-19-47(84)71-38(40(81)25-22-36-20-23-37(24-21-36)39-33-105-73-72-39)32-95-64-56(91)54(89)58(45(30-77)98-64)100-66-57(92)62(104-68(67(93)94)26-41(82)48(69-34(2)79)61(103-68)50(85)42(83)27-74)59(46(31-78)99-66)101-63-49(70-35(3)80)60(52(87)44(29-76)96-63)102-65-55(90)53(88)51(86)43(28-75)97-65/h20-25,33,38,40-46,48-66,74-78,81-83,85-92H,4-19,26-32H2,1-3H3,(H,69,79)(H,70,80)(H,71,84)(H,93,94)/b25-22+/t38-,40+,41-,42+,43+,44+,45+,46+,48?,49+,50+,51-,52-,53-,54+,55+,56+,57+,58+,59-,60+,61?,62+,63-,64+,65-,66-,68-/m0/s1. The van der Waals surface area contributed by atoms with Crippen LogP contribution in [-0.2, 0) is 66.5 Å². The molecule has 5 aliphatic heterocycles. The van der Waals surface area contributed by atoms with E-state index in [-0.39, 0.29) is 6.42 Å². The average molecular weight is 1520 g/mol. The fourth-order valence-corrected chi connectivity index (χ4v) is 13.9. The minimum Gasteiger partial charge on any atom is -0.477 e. The molecule has 28 atom stereocenters. The second-order valence-corrected chi connectivity index (χ2v) is 27.9. The van der Waals surface area contributed by atoms with Crippen LogP contribution in [0.5, 0.6) is 0 Å². The van der Waals surface area contributed by atoms with Gasteiger partial charge in [-0.15, -0.1) is 5.10 Å². The summed E-state index contributed by atoms with van der Waals surface area (Å²) in [7, 11) is 0. The summed E-state index contributed by atoms with van der Waals surface area (Å²) >= 11 is 1.18. The van der Waals surface area contributed by atoms with E-state index in [0.29, 0.717) is 17.7 Å². The van der Waals surface area contributed by atoms with Gasteiger partial charge >= 0.3 is 5.97 Å². The molecule has 6 heterocycles. The molecule has 0 aliphatic carbocycles. The van der Waals surface area contributed by atoms with Crippen molar-refractivity contribution in [2.45, 2.75) is 301 Å². The van der Waals surface area contributed by atoms with E-state index < -0.39 is 241 Å². The number of ether oxygens (including phenoxy) is 10. The van der Waals surface area contributed by atoms with Gasteiger partial charge in [-0.05, 0) is 23.5 Å². The predicted octanol–water partition coefficient (Wildman–Crippen LogP) is -4.07. The molecule has 0 bridgehead atoms. The molecule has 36 nitrogen and oxygen atoms in total. The summed E-state index contributed by atoms with van der Waals surface area (Å²) in [5.74, 6) is -7.81. The first-order chi connectivity index (χ1) is 50.2. The van der Waals surface area contributed by atoms with Crippen molar-refractivity contribution in [3.8, 4) is 11.3 Å². The van der Waals surface area contributed by atoms with E-state index in [1.165, 1.54) is 75.4 Å². The molecule has 5 saturated heterocycles. The number of aliphatic hydroxyl groups excluding tert-OH is 16. The highest BCUT2D eigenvalue weighted by molar-refractivity contribution is 7.03. The maximum Gasteiger partial charge on any atom is 0.364 e. The largest absolute Gasteiger partial charge is 0.477 e. The van der Waals surface area contributed by atoms with Crippen LogP contribution >= 0.6 is 11.5 Å². The number of nitrogens with zero attached hydrogens (tertiary/aromatic N) is 2. The molecule has 1 aromatic carbocycles. The van der Waals surface area contributed by atoms with Gasteiger partial charge in [0.1, 0.15) is 122 Å². The molecule has 1 aromatic heterocycles. The van der Waals surface area contributed by atoms with E-state index in [4.69, 9.17) is 47.4 Å². The first-order valence-corrected chi connectivity index (χ1v) is 36.8. The zero-order chi connectivity index (χ0) is 76.7. The van der Waals surface area contributed by atoms with E-state index in [9.17, 15) is 106 Å². The number of carbonyl (C=O) groups is 4. The third kappa shape index (κ3) is 23.9. The van der Waals surface area contributed by atoms with Crippen LogP contribution in [0.1, 0.15) is 135 Å². The fourth-order valence-electron chi connectivity index (χ4n) is 13.4. The highest BCUT2D eigenvalue weighted by Crippen LogP contribution is 2.41. The normalized spacial score (nSPS) is 35.0. The maximum atomic E-state index is 13.8. The Balaban J connectivity index is 1.13. The van der Waals surface area contributed by atoms with Crippen LogP contribution in [0.4, 0.5) is 0 Å². The molecule has 0 radical (unpaired) electrons. The number of rotatable bonds is 42. The summed E-state index contributed by atoms with van der Waals surface area (Å²) in [6, 6.07) is 2.22. The zero-order valence-electron chi connectivity index (χ0n) is 59.0. The second-order valence-electron chi connectivity index (χ2n) is 27.3. The summed E-state index contributed by atoms with van der Waals surface area (Å²) in [6.07, 6.45) is -31.3. The van der Waals surface area contributed by atoms with Crippen LogP contribution < -0.4 is 16.0 Å². The van der Waals surface area contributed by atoms with E-state index in [1.54, 1.807) is 35.7 Å². The number of nitrogens with one attached hydrogen (secondary N) is 3. The first-order valence-electron chi connectivity index (χ1n) is 36.0. The molecule has 2 unspecified atom stereocenters. The van der Waals surface area contributed by atoms with E-state index in [0.717, 1.165) is 51.5 Å². The zero-order valence-corrected chi connectivity index (χ0v) is 59.8. The Morgan fingerprint density at radius 2 is 1.11 bits per heavy atom. The van der Waals surface area contributed by atoms with Gasteiger partial charge in [-0.25, -0.2) is 4.79 Å². The molecule has 105 heavy (non-hydrogen) atoms. The molecule has 5 aliphatic rings. The van der Waals surface area contributed by atoms with Gasteiger partial charge in [-0.1, -0.05) is 138 Å². The van der Waals surface area contributed by atoms with Crippen LogP contribution in [0.2, 0.25) is 0 Å².